The lowest BCUT2D eigenvalue weighted by molar-refractivity contribution is -0.272. The molecule has 1 aliphatic heterocycles. The largest absolute Gasteiger partial charge is 0.493 e. The van der Waals surface area contributed by atoms with E-state index in [9.17, 15) is 26.7 Å². The molecular weight excluding hydrogens is 489 g/mol. The summed E-state index contributed by atoms with van der Waals surface area (Å²) < 4.78 is 80.8. The van der Waals surface area contributed by atoms with Crippen molar-refractivity contribution >= 4 is 11.6 Å². The molecule has 1 aromatic carbocycles. The Balaban J connectivity index is 1.98. The molecule has 1 fully saturated rings. The van der Waals surface area contributed by atoms with Crippen LogP contribution in [-0.2, 0) is 16.1 Å². The number of amides is 1. The molecule has 0 radical (unpaired) electrons. The first-order chi connectivity index (χ1) is 16.8. The first-order valence-electron chi connectivity index (χ1n) is 11.2. The second-order valence-corrected chi connectivity index (χ2v) is 8.93. The fourth-order valence-electron chi connectivity index (χ4n) is 4.42. The molecule has 2 heterocycles. The van der Waals surface area contributed by atoms with Crippen LogP contribution in [0.4, 0.5) is 27.6 Å². The van der Waals surface area contributed by atoms with Crippen LogP contribution in [0.2, 0.25) is 0 Å². The standard InChI is InChI=1S/C24H28F5N3O4/c1-13-18(16-5-6-17(25)19(26)20(16)35-4)21(36-23(13,2)24(27,28)29)22(34)31-14-7-8-30-15(11-14)12-32(3)9-10-33/h5-8,11,13,18,21,33H,9-10,12H2,1-4H3,(H,30,31,34)/t13-,18-,21+,23+/m0/s1. The lowest BCUT2D eigenvalue weighted by Crippen LogP contribution is -2.47. The average Bonchev–Trinajstić information content (AvgIpc) is 3.08. The smallest absolute Gasteiger partial charge is 0.417 e. The second kappa shape index (κ2) is 10.7. The number of hydrogen-bond donors (Lipinski definition) is 2. The highest BCUT2D eigenvalue weighted by Crippen LogP contribution is 2.55. The van der Waals surface area contributed by atoms with Gasteiger partial charge in [-0.05, 0) is 32.2 Å². The zero-order valence-electron chi connectivity index (χ0n) is 20.2. The number of nitrogens with one attached hydrogen (secondary N) is 1. The van der Waals surface area contributed by atoms with E-state index in [-0.39, 0.29) is 17.9 Å². The lowest BCUT2D eigenvalue weighted by Gasteiger charge is -2.32. The average molecular weight is 517 g/mol. The maximum absolute atomic E-state index is 14.5. The molecular formula is C24H28F5N3O4. The van der Waals surface area contributed by atoms with Gasteiger partial charge in [0.2, 0.25) is 5.82 Å². The van der Waals surface area contributed by atoms with E-state index in [1.54, 1.807) is 18.0 Å². The number of methoxy groups -OCH3 is 1. The number of nitrogens with zero attached hydrogens (tertiary/aromatic N) is 2. The van der Waals surface area contributed by atoms with Crippen molar-refractivity contribution in [2.75, 3.05) is 32.6 Å². The minimum atomic E-state index is -4.85. The molecule has 2 N–H and O–H groups in total. The van der Waals surface area contributed by atoms with E-state index in [4.69, 9.17) is 14.6 Å². The Bertz CT molecular complexity index is 1100. The second-order valence-electron chi connectivity index (χ2n) is 8.93. The quantitative estimate of drug-likeness (QED) is 0.518. The van der Waals surface area contributed by atoms with Crippen LogP contribution in [-0.4, -0.2) is 66.1 Å². The van der Waals surface area contributed by atoms with Gasteiger partial charge < -0.3 is 19.9 Å². The third-order valence-electron chi connectivity index (χ3n) is 6.57. The zero-order valence-corrected chi connectivity index (χ0v) is 20.2. The van der Waals surface area contributed by atoms with Crippen LogP contribution in [0.25, 0.3) is 0 Å². The summed E-state index contributed by atoms with van der Waals surface area (Å²) in [7, 11) is 2.82. The number of benzene rings is 1. The van der Waals surface area contributed by atoms with Gasteiger partial charge >= 0.3 is 6.18 Å². The van der Waals surface area contributed by atoms with Crippen molar-refractivity contribution in [3.05, 3.63) is 53.4 Å². The predicted molar refractivity (Wildman–Crippen MR) is 120 cm³/mol. The summed E-state index contributed by atoms with van der Waals surface area (Å²) in [5.74, 6) is -6.75. The number of aliphatic hydroxyl groups is 1. The van der Waals surface area contributed by atoms with Gasteiger partial charge in [-0.2, -0.15) is 17.6 Å². The van der Waals surface area contributed by atoms with Crippen molar-refractivity contribution < 1.29 is 41.3 Å². The van der Waals surface area contributed by atoms with Crippen LogP contribution >= 0.6 is 0 Å². The molecule has 0 spiro atoms. The Morgan fingerprint density at radius 1 is 1.31 bits per heavy atom. The van der Waals surface area contributed by atoms with Gasteiger partial charge in [0.1, 0.15) is 6.10 Å². The third-order valence-corrected chi connectivity index (χ3v) is 6.57. The molecule has 3 rings (SSSR count). The number of carbonyl (C=O) groups is 1. The summed E-state index contributed by atoms with van der Waals surface area (Å²) in [6.45, 7) is 2.75. The number of ether oxygens (including phenoxy) is 2. The number of anilines is 1. The number of halogens is 5. The van der Waals surface area contributed by atoms with Crippen LogP contribution in [0, 0.1) is 17.6 Å². The van der Waals surface area contributed by atoms with Crippen LogP contribution in [0.15, 0.2) is 30.5 Å². The van der Waals surface area contributed by atoms with Gasteiger partial charge in [-0.3, -0.25) is 14.7 Å². The van der Waals surface area contributed by atoms with Gasteiger partial charge in [0.05, 0.1) is 19.4 Å². The van der Waals surface area contributed by atoms with Gasteiger partial charge in [0.25, 0.3) is 5.91 Å². The minimum Gasteiger partial charge on any atom is -0.493 e. The number of aliphatic hydroxyl groups excluding tert-OH is 1. The van der Waals surface area contributed by atoms with Crippen molar-refractivity contribution in [1.29, 1.82) is 0 Å². The molecule has 12 heteroatoms. The number of carbonyl (C=O) groups excluding carboxylic acids is 1. The van der Waals surface area contributed by atoms with Crippen molar-refractivity contribution in [3.8, 4) is 5.75 Å². The lowest BCUT2D eigenvalue weighted by atomic mass is 9.77. The number of pyridine rings is 1. The number of likely N-dealkylation sites (N-methyl/N-ethyl adjacent to an activating group) is 1. The number of alkyl halides is 3. The predicted octanol–water partition coefficient (Wildman–Crippen LogP) is 3.87. The molecule has 1 saturated heterocycles. The molecule has 0 aliphatic carbocycles. The van der Waals surface area contributed by atoms with E-state index >= 15 is 0 Å². The van der Waals surface area contributed by atoms with Gasteiger partial charge in [-0.25, -0.2) is 4.39 Å². The summed E-state index contributed by atoms with van der Waals surface area (Å²) in [4.78, 5) is 19.2. The summed E-state index contributed by atoms with van der Waals surface area (Å²) in [5, 5.41) is 11.6. The maximum Gasteiger partial charge on any atom is 0.417 e. The van der Waals surface area contributed by atoms with Crippen LogP contribution < -0.4 is 10.1 Å². The Morgan fingerprint density at radius 2 is 2.00 bits per heavy atom. The summed E-state index contributed by atoms with van der Waals surface area (Å²) in [6.07, 6.45) is -5.13. The highest BCUT2D eigenvalue weighted by molar-refractivity contribution is 5.95. The Hall–Kier alpha value is -2.83. The number of aromatic nitrogens is 1. The Kier molecular flexibility index (Phi) is 8.21. The maximum atomic E-state index is 14.5. The van der Waals surface area contributed by atoms with E-state index in [0.29, 0.717) is 18.8 Å². The van der Waals surface area contributed by atoms with Crippen molar-refractivity contribution in [2.24, 2.45) is 5.92 Å². The molecule has 7 nitrogen and oxygen atoms in total. The molecule has 0 bridgehead atoms. The van der Waals surface area contributed by atoms with Crippen LogP contribution in [0.3, 0.4) is 0 Å². The molecule has 1 amide bonds. The highest BCUT2D eigenvalue weighted by atomic mass is 19.4. The van der Waals surface area contributed by atoms with E-state index in [1.807, 2.05) is 0 Å². The van der Waals surface area contributed by atoms with E-state index in [2.05, 4.69) is 10.3 Å². The van der Waals surface area contributed by atoms with E-state index < -0.39 is 53.0 Å². The van der Waals surface area contributed by atoms with Gasteiger partial charge in [-0.1, -0.05) is 13.0 Å². The molecule has 36 heavy (non-hydrogen) atoms. The highest BCUT2D eigenvalue weighted by Gasteiger charge is 2.65. The van der Waals surface area contributed by atoms with E-state index in [0.717, 1.165) is 26.2 Å². The van der Waals surface area contributed by atoms with E-state index in [1.165, 1.54) is 19.2 Å². The first kappa shape index (κ1) is 27.8. The first-order valence-corrected chi connectivity index (χ1v) is 11.2. The molecule has 198 valence electrons. The van der Waals surface area contributed by atoms with Crippen LogP contribution in [0.1, 0.15) is 31.0 Å². The summed E-state index contributed by atoms with van der Waals surface area (Å²) in [5.41, 5.74) is -2.05. The molecule has 0 saturated carbocycles. The fraction of sp³-hybridized carbons (Fsp3) is 0.500. The van der Waals surface area contributed by atoms with Gasteiger partial charge in [-0.15, -0.1) is 0 Å². The molecule has 0 unspecified atom stereocenters. The monoisotopic (exact) mass is 517 g/mol. The number of hydrogen-bond acceptors (Lipinski definition) is 6. The molecule has 1 aliphatic rings. The summed E-state index contributed by atoms with van der Waals surface area (Å²) >= 11 is 0. The van der Waals surface area contributed by atoms with Crippen molar-refractivity contribution in [2.45, 2.75) is 44.2 Å². The summed E-state index contributed by atoms with van der Waals surface area (Å²) in [6, 6.07) is 4.88. The van der Waals surface area contributed by atoms with Crippen molar-refractivity contribution in [1.82, 2.24) is 9.88 Å². The number of rotatable bonds is 8. The molecule has 1 aromatic heterocycles. The zero-order chi connectivity index (χ0) is 26.8. The van der Waals surface area contributed by atoms with Gasteiger partial charge in [0, 0.05) is 42.4 Å². The minimum absolute atomic E-state index is 0.0586. The van der Waals surface area contributed by atoms with Crippen molar-refractivity contribution in [3.63, 3.8) is 0 Å². The topological polar surface area (TPSA) is 83.9 Å². The van der Waals surface area contributed by atoms with Gasteiger partial charge in [0.15, 0.2) is 17.2 Å². The van der Waals surface area contributed by atoms with Crippen LogP contribution in [0.5, 0.6) is 5.75 Å². The molecule has 4 atom stereocenters. The Morgan fingerprint density at radius 3 is 2.61 bits per heavy atom. The third kappa shape index (κ3) is 5.30. The Labute approximate surface area is 205 Å². The SMILES string of the molecule is COc1c([C@H]2[C@H](C(=O)Nc3ccnc(CN(C)CCO)c3)O[C@@](C)(C(F)(F)F)[C@H]2C)ccc(F)c1F. The normalized spacial score (nSPS) is 24.2. The fourth-order valence-corrected chi connectivity index (χ4v) is 4.42. The molecule has 2 aromatic rings.